The first kappa shape index (κ1) is 21.9. The number of amides is 1. The van der Waals surface area contributed by atoms with Crippen molar-refractivity contribution < 1.29 is 18.3 Å². The lowest BCUT2D eigenvalue weighted by molar-refractivity contribution is -0.0220. The first-order chi connectivity index (χ1) is 16.0. The molecule has 0 N–H and O–H groups in total. The normalized spacial score (nSPS) is 22.6. The maximum atomic E-state index is 12.3. The number of rotatable bonds is 5. The van der Waals surface area contributed by atoms with Crippen molar-refractivity contribution in [3.05, 3.63) is 36.9 Å². The van der Waals surface area contributed by atoms with Gasteiger partial charge in [0.25, 0.3) is 6.43 Å². The number of carbonyl (C=O) groups excluding carboxylic acids is 1. The molecule has 33 heavy (non-hydrogen) atoms. The van der Waals surface area contributed by atoms with Crippen molar-refractivity contribution in [2.24, 2.45) is 5.41 Å². The molecular formula is C23H28F2N6O2. The molecule has 176 valence electrons. The molecule has 1 saturated carbocycles. The van der Waals surface area contributed by atoms with E-state index >= 15 is 0 Å². The minimum atomic E-state index is -2.62. The van der Waals surface area contributed by atoms with Gasteiger partial charge in [0.2, 0.25) is 0 Å². The second-order valence-corrected chi connectivity index (χ2v) is 9.21. The van der Waals surface area contributed by atoms with Gasteiger partial charge < -0.3 is 14.5 Å². The Balaban J connectivity index is 1.14. The van der Waals surface area contributed by atoms with E-state index in [4.69, 9.17) is 0 Å². The second-order valence-electron chi connectivity index (χ2n) is 9.21. The van der Waals surface area contributed by atoms with Crippen LogP contribution < -0.4 is 4.90 Å². The van der Waals surface area contributed by atoms with Crippen LogP contribution in [0.3, 0.4) is 0 Å². The molecule has 3 aliphatic rings. The SMILES string of the molecule is O=C(OCC(F)F)N1CC2(CCC(N3CCN(c4ncccc4-c4cnccn4)CC3)C2)C1. The number of nitrogens with zero attached hydrogens (tertiary/aromatic N) is 6. The highest BCUT2D eigenvalue weighted by Crippen LogP contribution is 2.47. The van der Waals surface area contributed by atoms with E-state index in [1.54, 1.807) is 23.5 Å². The molecule has 2 aromatic heterocycles. The van der Waals surface area contributed by atoms with Gasteiger partial charge in [-0.1, -0.05) is 0 Å². The van der Waals surface area contributed by atoms with Crippen LogP contribution in [0.25, 0.3) is 11.3 Å². The Bertz CT molecular complexity index is 964. The fourth-order valence-electron chi connectivity index (χ4n) is 5.48. The molecule has 1 unspecified atom stereocenters. The number of halogens is 2. The Kier molecular flexibility index (Phi) is 6.09. The molecule has 5 rings (SSSR count). The number of ether oxygens (including phenoxy) is 1. The molecule has 1 atom stereocenters. The van der Waals surface area contributed by atoms with Gasteiger partial charge in [0.05, 0.1) is 11.9 Å². The molecule has 1 spiro atoms. The van der Waals surface area contributed by atoms with E-state index in [1.807, 2.05) is 18.3 Å². The van der Waals surface area contributed by atoms with Gasteiger partial charge in [-0.3, -0.25) is 14.9 Å². The Morgan fingerprint density at radius 3 is 2.70 bits per heavy atom. The third kappa shape index (κ3) is 4.62. The van der Waals surface area contributed by atoms with Gasteiger partial charge >= 0.3 is 6.09 Å². The molecule has 0 aromatic carbocycles. The van der Waals surface area contributed by atoms with Crippen molar-refractivity contribution in [3.8, 4) is 11.3 Å². The van der Waals surface area contributed by atoms with E-state index in [-0.39, 0.29) is 5.41 Å². The average Bonchev–Trinajstić information content (AvgIpc) is 3.28. The third-order valence-electron chi connectivity index (χ3n) is 7.08. The first-order valence-corrected chi connectivity index (χ1v) is 11.4. The first-order valence-electron chi connectivity index (χ1n) is 11.4. The minimum Gasteiger partial charge on any atom is -0.443 e. The zero-order valence-corrected chi connectivity index (χ0v) is 18.4. The predicted molar refractivity (Wildman–Crippen MR) is 118 cm³/mol. The maximum absolute atomic E-state index is 12.3. The number of likely N-dealkylation sites (tertiary alicyclic amines) is 1. The molecule has 2 aromatic rings. The number of hydrogen-bond donors (Lipinski definition) is 0. The summed E-state index contributed by atoms with van der Waals surface area (Å²) in [5.41, 5.74) is 1.93. The van der Waals surface area contributed by atoms with Crippen LogP contribution in [0.2, 0.25) is 0 Å². The molecule has 8 nitrogen and oxygen atoms in total. The van der Waals surface area contributed by atoms with Crippen molar-refractivity contribution in [3.63, 3.8) is 0 Å². The summed E-state index contributed by atoms with van der Waals surface area (Å²) in [7, 11) is 0. The Morgan fingerprint density at radius 1 is 1.15 bits per heavy atom. The van der Waals surface area contributed by atoms with Gasteiger partial charge in [0.15, 0.2) is 6.61 Å². The van der Waals surface area contributed by atoms with Crippen LogP contribution in [0.15, 0.2) is 36.9 Å². The van der Waals surface area contributed by atoms with Crippen LogP contribution in [0.1, 0.15) is 19.3 Å². The summed E-state index contributed by atoms with van der Waals surface area (Å²) in [6.07, 6.45) is 6.91. The monoisotopic (exact) mass is 458 g/mol. The number of alkyl halides is 2. The van der Waals surface area contributed by atoms with Crippen molar-refractivity contribution in [2.75, 3.05) is 50.8 Å². The van der Waals surface area contributed by atoms with E-state index in [0.29, 0.717) is 19.1 Å². The summed E-state index contributed by atoms with van der Waals surface area (Å²) in [6, 6.07) is 4.45. The van der Waals surface area contributed by atoms with Crippen molar-refractivity contribution in [1.82, 2.24) is 24.8 Å². The highest BCUT2D eigenvalue weighted by molar-refractivity contribution is 5.72. The molecule has 2 aliphatic heterocycles. The molecule has 1 aliphatic carbocycles. The van der Waals surface area contributed by atoms with Crippen LogP contribution in [-0.4, -0.2) is 89.2 Å². The molecule has 2 saturated heterocycles. The number of hydrogen-bond acceptors (Lipinski definition) is 7. The van der Waals surface area contributed by atoms with Crippen LogP contribution >= 0.6 is 0 Å². The fourth-order valence-corrected chi connectivity index (χ4v) is 5.48. The van der Waals surface area contributed by atoms with E-state index in [2.05, 4.69) is 29.5 Å². The van der Waals surface area contributed by atoms with Crippen molar-refractivity contribution in [2.45, 2.75) is 31.7 Å². The number of aromatic nitrogens is 3. The Morgan fingerprint density at radius 2 is 1.97 bits per heavy atom. The molecule has 4 heterocycles. The average molecular weight is 459 g/mol. The highest BCUT2D eigenvalue weighted by Gasteiger charge is 2.51. The molecule has 10 heteroatoms. The summed E-state index contributed by atoms with van der Waals surface area (Å²) >= 11 is 0. The summed E-state index contributed by atoms with van der Waals surface area (Å²) in [4.78, 5) is 31.6. The van der Waals surface area contributed by atoms with Gasteiger partial charge in [0, 0.05) is 74.9 Å². The van der Waals surface area contributed by atoms with E-state index in [9.17, 15) is 13.6 Å². The summed E-state index contributed by atoms with van der Waals surface area (Å²) in [5, 5.41) is 0. The lowest BCUT2D eigenvalue weighted by atomic mass is 9.78. The van der Waals surface area contributed by atoms with E-state index < -0.39 is 19.1 Å². The van der Waals surface area contributed by atoms with Crippen LogP contribution in [-0.2, 0) is 4.74 Å². The molecule has 0 radical (unpaired) electrons. The van der Waals surface area contributed by atoms with Crippen LogP contribution in [0.5, 0.6) is 0 Å². The number of anilines is 1. The number of piperazine rings is 1. The van der Waals surface area contributed by atoms with E-state index in [0.717, 1.165) is 62.5 Å². The largest absolute Gasteiger partial charge is 0.443 e. The highest BCUT2D eigenvalue weighted by atomic mass is 19.3. The zero-order chi connectivity index (χ0) is 22.8. The molecule has 0 bridgehead atoms. The quantitative estimate of drug-likeness (QED) is 0.682. The lowest BCUT2D eigenvalue weighted by Crippen LogP contribution is -2.58. The summed E-state index contributed by atoms with van der Waals surface area (Å²) in [5.74, 6) is 0.942. The maximum Gasteiger partial charge on any atom is 0.409 e. The van der Waals surface area contributed by atoms with Gasteiger partial charge in [-0.2, -0.15) is 0 Å². The van der Waals surface area contributed by atoms with Gasteiger partial charge in [-0.05, 0) is 31.4 Å². The number of pyridine rings is 1. The fraction of sp³-hybridized carbons (Fsp3) is 0.565. The zero-order valence-electron chi connectivity index (χ0n) is 18.4. The standard InChI is InChI=1S/C23H28F2N6O2/c24-20(25)14-33-22(32)31-15-23(16-31)4-3-17(12-23)29-8-10-30(11-9-29)21-18(2-1-5-28-21)19-13-26-6-7-27-19/h1-2,5-7,13,17,20H,3-4,8-12,14-16H2. The molecule has 3 fully saturated rings. The number of carbonyl (C=O) groups is 1. The summed E-state index contributed by atoms with van der Waals surface area (Å²) < 4.78 is 29.2. The van der Waals surface area contributed by atoms with Gasteiger partial charge in [0.1, 0.15) is 5.82 Å². The van der Waals surface area contributed by atoms with Crippen molar-refractivity contribution >= 4 is 11.9 Å². The Labute approximate surface area is 191 Å². The van der Waals surface area contributed by atoms with Crippen LogP contribution in [0, 0.1) is 5.41 Å². The predicted octanol–water partition coefficient (Wildman–Crippen LogP) is 2.92. The second kappa shape index (κ2) is 9.17. The molecule has 1 amide bonds. The van der Waals surface area contributed by atoms with Crippen LogP contribution in [0.4, 0.5) is 19.4 Å². The minimum absolute atomic E-state index is 0.117. The van der Waals surface area contributed by atoms with E-state index in [1.165, 1.54) is 0 Å². The van der Waals surface area contributed by atoms with Crippen molar-refractivity contribution in [1.29, 1.82) is 0 Å². The smallest absolute Gasteiger partial charge is 0.409 e. The third-order valence-corrected chi connectivity index (χ3v) is 7.08. The lowest BCUT2D eigenvalue weighted by Gasteiger charge is -2.48. The van der Waals surface area contributed by atoms with Gasteiger partial charge in [-0.15, -0.1) is 0 Å². The van der Waals surface area contributed by atoms with Gasteiger partial charge in [-0.25, -0.2) is 18.6 Å². The topological polar surface area (TPSA) is 74.7 Å². The summed E-state index contributed by atoms with van der Waals surface area (Å²) in [6.45, 7) is 4.08. The Hall–Kier alpha value is -2.88. The molecular weight excluding hydrogens is 430 g/mol.